The third-order valence-electron chi connectivity index (χ3n) is 2.12. The van der Waals surface area contributed by atoms with Crippen molar-refractivity contribution in [2.24, 2.45) is 0 Å². The molecule has 0 aliphatic rings. The van der Waals surface area contributed by atoms with Crippen molar-refractivity contribution in [3.63, 3.8) is 0 Å². The van der Waals surface area contributed by atoms with E-state index < -0.39 is 5.97 Å². The molecule has 0 atom stereocenters. The van der Waals surface area contributed by atoms with Crippen LogP contribution < -0.4 is 0 Å². The summed E-state index contributed by atoms with van der Waals surface area (Å²) in [4.78, 5) is 19.4. The first-order chi connectivity index (χ1) is 7.81. The lowest BCUT2D eigenvalue weighted by molar-refractivity contribution is 0.0594. The summed E-state index contributed by atoms with van der Waals surface area (Å²) < 4.78 is 4.61. The molecule has 4 heteroatoms. The Bertz CT molecular complexity index is 497. The summed E-state index contributed by atoms with van der Waals surface area (Å²) in [5, 5.41) is 0. The molecule has 80 valence electrons. The first-order valence-corrected chi connectivity index (χ1v) is 4.77. The van der Waals surface area contributed by atoms with Gasteiger partial charge in [-0.15, -0.1) is 0 Å². The van der Waals surface area contributed by atoms with Crippen molar-refractivity contribution >= 4 is 5.97 Å². The van der Waals surface area contributed by atoms with Gasteiger partial charge in [0, 0.05) is 18.0 Å². The standard InChI is InChI=1S/C12H10N2O2/c1-16-12(15)11-8-9(5-7-14-11)10-4-2-3-6-13-10/h2-8H,1H3. The molecule has 2 aromatic rings. The first kappa shape index (κ1) is 10.3. The number of carbonyl (C=O) groups excluding carboxylic acids is 1. The van der Waals surface area contributed by atoms with E-state index >= 15 is 0 Å². The summed E-state index contributed by atoms with van der Waals surface area (Å²) in [6, 6.07) is 9.06. The van der Waals surface area contributed by atoms with E-state index in [4.69, 9.17) is 0 Å². The fraction of sp³-hybridized carbons (Fsp3) is 0.0833. The molecule has 2 aromatic heterocycles. The molecule has 0 aliphatic carbocycles. The van der Waals surface area contributed by atoms with E-state index in [1.54, 1.807) is 24.5 Å². The van der Waals surface area contributed by atoms with Gasteiger partial charge >= 0.3 is 5.97 Å². The fourth-order valence-corrected chi connectivity index (χ4v) is 1.34. The number of ether oxygens (including phenoxy) is 1. The molecule has 0 amide bonds. The van der Waals surface area contributed by atoms with Gasteiger partial charge in [-0.1, -0.05) is 6.07 Å². The fourth-order valence-electron chi connectivity index (χ4n) is 1.34. The third kappa shape index (κ3) is 2.06. The molecule has 4 nitrogen and oxygen atoms in total. The van der Waals surface area contributed by atoms with E-state index in [0.29, 0.717) is 0 Å². The van der Waals surface area contributed by atoms with Gasteiger partial charge in [-0.3, -0.25) is 4.98 Å². The number of carbonyl (C=O) groups is 1. The van der Waals surface area contributed by atoms with E-state index in [2.05, 4.69) is 14.7 Å². The molecule has 0 unspecified atom stereocenters. The molecule has 0 fully saturated rings. The van der Waals surface area contributed by atoms with E-state index in [9.17, 15) is 4.79 Å². The zero-order chi connectivity index (χ0) is 11.4. The average Bonchev–Trinajstić information content (AvgIpc) is 2.39. The second-order valence-electron chi connectivity index (χ2n) is 3.14. The van der Waals surface area contributed by atoms with Crippen LogP contribution >= 0.6 is 0 Å². The van der Waals surface area contributed by atoms with Crippen LogP contribution in [0.25, 0.3) is 11.3 Å². The zero-order valence-corrected chi connectivity index (χ0v) is 8.75. The molecule has 0 spiro atoms. The molecular formula is C12H10N2O2. The minimum Gasteiger partial charge on any atom is -0.464 e. The molecular weight excluding hydrogens is 204 g/mol. The zero-order valence-electron chi connectivity index (χ0n) is 8.75. The Balaban J connectivity index is 2.40. The van der Waals surface area contributed by atoms with Crippen LogP contribution in [0.15, 0.2) is 42.7 Å². The molecule has 0 aromatic carbocycles. The second-order valence-corrected chi connectivity index (χ2v) is 3.14. The summed E-state index contributed by atoms with van der Waals surface area (Å²) in [7, 11) is 1.33. The number of hydrogen-bond acceptors (Lipinski definition) is 4. The van der Waals surface area contributed by atoms with Gasteiger partial charge in [-0.25, -0.2) is 9.78 Å². The lowest BCUT2D eigenvalue weighted by Crippen LogP contribution is -2.03. The summed E-state index contributed by atoms with van der Waals surface area (Å²) in [6.45, 7) is 0. The molecule has 2 heterocycles. The molecule has 0 aliphatic heterocycles. The Labute approximate surface area is 92.9 Å². The number of hydrogen-bond donors (Lipinski definition) is 0. The van der Waals surface area contributed by atoms with Crippen molar-refractivity contribution < 1.29 is 9.53 Å². The molecule has 2 rings (SSSR count). The first-order valence-electron chi connectivity index (χ1n) is 4.77. The monoisotopic (exact) mass is 214 g/mol. The maximum atomic E-state index is 11.3. The Morgan fingerprint density at radius 1 is 1.19 bits per heavy atom. The Morgan fingerprint density at radius 3 is 2.75 bits per heavy atom. The van der Waals surface area contributed by atoms with Crippen LogP contribution in [0.2, 0.25) is 0 Å². The van der Waals surface area contributed by atoms with Crippen LogP contribution in [0, 0.1) is 0 Å². The SMILES string of the molecule is COC(=O)c1cc(-c2ccccn2)ccn1. The van der Waals surface area contributed by atoms with Gasteiger partial charge in [0.2, 0.25) is 0 Å². The third-order valence-corrected chi connectivity index (χ3v) is 2.12. The molecule has 0 saturated carbocycles. The topological polar surface area (TPSA) is 52.1 Å². The van der Waals surface area contributed by atoms with Gasteiger partial charge in [0.05, 0.1) is 12.8 Å². The summed E-state index contributed by atoms with van der Waals surface area (Å²) in [5.74, 6) is -0.446. The number of nitrogens with zero attached hydrogens (tertiary/aromatic N) is 2. The highest BCUT2D eigenvalue weighted by Gasteiger charge is 2.08. The molecule has 16 heavy (non-hydrogen) atoms. The van der Waals surface area contributed by atoms with Crippen LogP contribution in [0.4, 0.5) is 0 Å². The van der Waals surface area contributed by atoms with Gasteiger partial charge in [-0.2, -0.15) is 0 Å². The number of pyridine rings is 2. The van der Waals surface area contributed by atoms with Crippen molar-refractivity contribution in [3.8, 4) is 11.3 Å². The summed E-state index contributed by atoms with van der Waals surface area (Å²) in [5.41, 5.74) is 1.93. The maximum Gasteiger partial charge on any atom is 0.356 e. The number of aromatic nitrogens is 2. The Morgan fingerprint density at radius 2 is 2.06 bits per heavy atom. The van der Waals surface area contributed by atoms with Crippen molar-refractivity contribution in [3.05, 3.63) is 48.4 Å². The van der Waals surface area contributed by atoms with Crippen LogP contribution in [0.5, 0.6) is 0 Å². The van der Waals surface area contributed by atoms with Gasteiger partial charge in [0.15, 0.2) is 0 Å². The highest BCUT2D eigenvalue weighted by atomic mass is 16.5. The second kappa shape index (κ2) is 4.53. The average molecular weight is 214 g/mol. The quantitative estimate of drug-likeness (QED) is 0.717. The minimum absolute atomic E-state index is 0.283. The van der Waals surface area contributed by atoms with E-state index in [1.807, 2.05) is 18.2 Å². The van der Waals surface area contributed by atoms with Crippen molar-refractivity contribution in [1.29, 1.82) is 0 Å². The normalized spacial score (nSPS) is 9.81. The predicted octanol–water partition coefficient (Wildman–Crippen LogP) is 1.93. The Kier molecular flexibility index (Phi) is 2.91. The lowest BCUT2D eigenvalue weighted by atomic mass is 10.1. The smallest absolute Gasteiger partial charge is 0.356 e. The lowest BCUT2D eigenvalue weighted by Gasteiger charge is -2.02. The molecule has 0 saturated heterocycles. The van der Waals surface area contributed by atoms with Crippen molar-refractivity contribution in [2.75, 3.05) is 7.11 Å². The minimum atomic E-state index is -0.446. The highest BCUT2D eigenvalue weighted by molar-refractivity contribution is 5.88. The number of esters is 1. The van der Waals surface area contributed by atoms with Crippen LogP contribution in [-0.4, -0.2) is 23.0 Å². The van der Waals surface area contributed by atoms with Crippen LogP contribution in [-0.2, 0) is 4.74 Å². The van der Waals surface area contributed by atoms with Crippen molar-refractivity contribution in [1.82, 2.24) is 9.97 Å². The predicted molar refractivity (Wildman–Crippen MR) is 58.8 cm³/mol. The highest BCUT2D eigenvalue weighted by Crippen LogP contribution is 2.16. The van der Waals surface area contributed by atoms with Crippen LogP contribution in [0.1, 0.15) is 10.5 Å². The molecule has 0 N–H and O–H groups in total. The number of methoxy groups -OCH3 is 1. The number of rotatable bonds is 2. The van der Waals surface area contributed by atoms with E-state index in [1.165, 1.54) is 7.11 Å². The van der Waals surface area contributed by atoms with E-state index in [-0.39, 0.29) is 5.69 Å². The molecule has 0 bridgehead atoms. The van der Waals surface area contributed by atoms with Gasteiger partial charge in [-0.05, 0) is 24.3 Å². The van der Waals surface area contributed by atoms with Gasteiger partial charge in [0.1, 0.15) is 5.69 Å². The van der Waals surface area contributed by atoms with E-state index in [0.717, 1.165) is 11.3 Å². The van der Waals surface area contributed by atoms with Gasteiger partial charge < -0.3 is 4.74 Å². The Hall–Kier alpha value is -2.23. The molecule has 0 radical (unpaired) electrons. The van der Waals surface area contributed by atoms with Gasteiger partial charge in [0.25, 0.3) is 0 Å². The van der Waals surface area contributed by atoms with Crippen LogP contribution in [0.3, 0.4) is 0 Å². The largest absolute Gasteiger partial charge is 0.464 e. The summed E-state index contributed by atoms with van der Waals surface area (Å²) in [6.07, 6.45) is 3.27. The summed E-state index contributed by atoms with van der Waals surface area (Å²) >= 11 is 0. The maximum absolute atomic E-state index is 11.3. The van der Waals surface area contributed by atoms with Crippen molar-refractivity contribution in [2.45, 2.75) is 0 Å².